The van der Waals surface area contributed by atoms with Gasteiger partial charge in [0.1, 0.15) is 17.2 Å². The highest BCUT2D eigenvalue weighted by molar-refractivity contribution is 7.45. The van der Waals surface area contributed by atoms with Gasteiger partial charge in [-0.05, 0) is 84.1 Å². The van der Waals surface area contributed by atoms with Crippen molar-refractivity contribution in [1.29, 1.82) is 0 Å². The number of rotatable bonds is 0. The van der Waals surface area contributed by atoms with Crippen LogP contribution in [0.15, 0.2) is 54.6 Å². The fourth-order valence-corrected chi connectivity index (χ4v) is 4.81. The molecular formula is C42H69O7P. The summed E-state index contributed by atoms with van der Waals surface area (Å²) in [5, 5.41) is 29.5. The Morgan fingerprint density at radius 2 is 0.520 bits per heavy atom. The first-order valence-electron chi connectivity index (χ1n) is 17.2. The summed E-state index contributed by atoms with van der Waals surface area (Å²) in [6.07, 6.45) is 0. The van der Waals surface area contributed by atoms with Crippen LogP contribution in [-0.2, 0) is 37.1 Å². The summed E-state index contributed by atoms with van der Waals surface area (Å²) in [7, 11) is -4.64. The number of aromatic hydroxyl groups is 3. The molecule has 8 heteroatoms. The molecule has 284 valence electrons. The molecule has 0 amide bonds. The van der Waals surface area contributed by atoms with Crippen LogP contribution in [0.5, 0.6) is 17.2 Å². The maximum absolute atomic E-state index is 9.84. The Morgan fingerprint density at radius 1 is 0.360 bits per heavy atom. The molecule has 0 aromatic heterocycles. The number of phenolic OH excluding ortho intramolecular Hbond substituents is 3. The van der Waals surface area contributed by atoms with E-state index in [1.54, 1.807) is 18.2 Å². The summed E-state index contributed by atoms with van der Waals surface area (Å²) in [6.45, 7) is 38.8. The second-order valence-corrected chi connectivity index (χ2v) is 20.2. The zero-order valence-corrected chi connectivity index (χ0v) is 35.1. The molecule has 50 heavy (non-hydrogen) atoms. The van der Waals surface area contributed by atoms with Crippen molar-refractivity contribution in [3.8, 4) is 17.2 Å². The second kappa shape index (κ2) is 16.7. The Hall–Kier alpha value is -2.83. The van der Waals surface area contributed by atoms with E-state index in [1.807, 2.05) is 18.2 Å². The minimum absolute atomic E-state index is 0.00859. The molecule has 7 nitrogen and oxygen atoms in total. The summed E-state index contributed by atoms with van der Waals surface area (Å²) in [4.78, 5) is 21.6. The van der Waals surface area contributed by atoms with Gasteiger partial charge in [-0.15, -0.1) is 0 Å². The van der Waals surface area contributed by atoms with Gasteiger partial charge in [-0.2, -0.15) is 0 Å². The molecule has 0 fully saturated rings. The highest BCUT2D eigenvalue weighted by atomic mass is 31.2. The van der Waals surface area contributed by atoms with E-state index in [0.29, 0.717) is 17.2 Å². The first kappa shape index (κ1) is 47.2. The smallest absolute Gasteiger partial charge is 0.466 e. The van der Waals surface area contributed by atoms with Gasteiger partial charge in [0.2, 0.25) is 0 Å². The van der Waals surface area contributed by atoms with Gasteiger partial charge >= 0.3 is 7.82 Å². The normalized spacial score (nSPS) is 12.8. The van der Waals surface area contributed by atoms with Gasteiger partial charge in [-0.1, -0.05) is 161 Å². The first-order valence-corrected chi connectivity index (χ1v) is 18.7. The van der Waals surface area contributed by atoms with Crippen molar-refractivity contribution in [2.75, 3.05) is 0 Å². The van der Waals surface area contributed by atoms with Crippen LogP contribution < -0.4 is 0 Å². The van der Waals surface area contributed by atoms with Crippen molar-refractivity contribution in [2.45, 2.75) is 157 Å². The van der Waals surface area contributed by atoms with E-state index in [4.69, 9.17) is 19.2 Å². The number of phosphoric acid groups is 1. The van der Waals surface area contributed by atoms with Crippen molar-refractivity contribution in [3.63, 3.8) is 0 Å². The number of hydrogen-bond donors (Lipinski definition) is 6. The highest BCUT2D eigenvalue weighted by Crippen LogP contribution is 2.37. The molecule has 3 rings (SSSR count). The minimum Gasteiger partial charge on any atom is -0.508 e. The Morgan fingerprint density at radius 3 is 0.640 bits per heavy atom. The van der Waals surface area contributed by atoms with Crippen molar-refractivity contribution >= 4 is 7.82 Å². The van der Waals surface area contributed by atoms with Crippen LogP contribution in [0.25, 0.3) is 0 Å². The summed E-state index contributed by atoms with van der Waals surface area (Å²) in [5.41, 5.74) is 7.25. The SMILES string of the molecule is CC(C)(C)c1ccc(O)c(C(C)(C)C)c1.CC(C)(C)c1ccc(O)c(C(C)(C)C)c1.CC(C)(C)c1ccc(O)c(C(C)(C)C)c1.O=P(O)(O)O. The first-order chi connectivity index (χ1) is 21.9. The molecule has 0 spiro atoms. The second-order valence-electron chi connectivity index (χ2n) is 19.2. The lowest BCUT2D eigenvalue weighted by atomic mass is 9.80. The molecule has 0 saturated carbocycles. The third kappa shape index (κ3) is 16.9. The molecule has 0 bridgehead atoms. The lowest BCUT2D eigenvalue weighted by molar-refractivity contribution is 0.275. The fraction of sp³-hybridized carbons (Fsp3) is 0.571. The average Bonchev–Trinajstić information content (AvgIpc) is 2.85. The van der Waals surface area contributed by atoms with Crippen molar-refractivity contribution in [2.24, 2.45) is 0 Å². The Kier molecular flexibility index (Phi) is 15.7. The van der Waals surface area contributed by atoms with E-state index in [0.717, 1.165) is 16.7 Å². The lowest BCUT2D eigenvalue weighted by Crippen LogP contribution is -2.16. The topological polar surface area (TPSA) is 138 Å². The fourth-order valence-electron chi connectivity index (χ4n) is 4.81. The summed E-state index contributed by atoms with van der Waals surface area (Å²) < 4.78 is 8.88. The predicted octanol–water partition coefficient (Wildman–Crippen LogP) is 11.0. The summed E-state index contributed by atoms with van der Waals surface area (Å²) in [5.74, 6) is 1.20. The van der Waals surface area contributed by atoms with Gasteiger partial charge in [0.05, 0.1) is 0 Å². The van der Waals surface area contributed by atoms with Crippen LogP contribution in [0.2, 0.25) is 0 Å². The highest BCUT2D eigenvalue weighted by Gasteiger charge is 2.24. The average molecular weight is 717 g/mol. The van der Waals surface area contributed by atoms with E-state index in [9.17, 15) is 15.3 Å². The maximum Gasteiger partial charge on any atom is 0.466 e. The summed E-state index contributed by atoms with van der Waals surface area (Å²) >= 11 is 0. The number of benzene rings is 3. The zero-order valence-electron chi connectivity index (χ0n) is 34.2. The Bertz CT molecular complexity index is 1390. The van der Waals surface area contributed by atoms with Crippen LogP contribution in [-0.4, -0.2) is 30.0 Å². The monoisotopic (exact) mass is 716 g/mol. The molecule has 0 saturated heterocycles. The van der Waals surface area contributed by atoms with Crippen LogP contribution in [0.3, 0.4) is 0 Å². The van der Waals surface area contributed by atoms with Gasteiger partial charge in [0, 0.05) is 0 Å². The predicted molar refractivity (Wildman–Crippen MR) is 211 cm³/mol. The molecule has 3 aromatic rings. The Balaban J connectivity index is 0.000000674. The van der Waals surface area contributed by atoms with Gasteiger partial charge < -0.3 is 30.0 Å². The molecule has 0 aliphatic rings. The van der Waals surface area contributed by atoms with E-state index < -0.39 is 7.82 Å². The molecule has 3 aromatic carbocycles. The number of hydrogen-bond acceptors (Lipinski definition) is 4. The molecule has 0 heterocycles. The summed E-state index contributed by atoms with van der Waals surface area (Å²) in [6, 6.07) is 17.8. The van der Waals surface area contributed by atoms with E-state index in [-0.39, 0.29) is 32.5 Å². The third-order valence-electron chi connectivity index (χ3n) is 8.01. The third-order valence-corrected chi connectivity index (χ3v) is 8.01. The van der Waals surface area contributed by atoms with E-state index in [2.05, 4.69) is 143 Å². The van der Waals surface area contributed by atoms with Crippen LogP contribution in [0.4, 0.5) is 0 Å². The van der Waals surface area contributed by atoms with Gasteiger partial charge in [0.25, 0.3) is 0 Å². The van der Waals surface area contributed by atoms with Crippen molar-refractivity contribution < 1.29 is 34.6 Å². The van der Waals surface area contributed by atoms with E-state index >= 15 is 0 Å². The Labute approximate surface area is 304 Å². The zero-order chi connectivity index (χ0) is 40.1. The molecule has 0 aliphatic heterocycles. The van der Waals surface area contributed by atoms with Crippen LogP contribution in [0.1, 0.15) is 158 Å². The van der Waals surface area contributed by atoms with Crippen molar-refractivity contribution in [1.82, 2.24) is 0 Å². The number of phenols is 3. The largest absolute Gasteiger partial charge is 0.508 e. The maximum atomic E-state index is 9.84. The van der Waals surface area contributed by atoms with Crippen molar-refractivity contribution in [3.05, 3.63) is 88.0 Å². The minimum atomic E-state index is -4.64. The molecule has 0 aliphatic carbocycles. The molecule has 6 N–H and O–H groups in total. The lowest BCUT2D eigenvalue weighted by Gasteiger charge is -2.25. The van der Waals surface area contributed by atoms with Gasteiger partial charge in [0.15, 0.2) is 0 Å². The van der Waals surface area contributed by atoms with Crippen LogP contribution >= 0.6 is 7.82 Å². The molecule has 0 atom stereocenters. The van der Waals surface area contributed by atoms with E-state index in [1.165, 1.54) is 16.7 Å². The van der Waals surface area contributed by atoms with Crippen LogP contribution in [0, 0.1) is 0 Å². The molecular weight excluding hydrogens is 647 g/mol. The van der Waals surface area contributed by atoms with Gasteiger partial charge in [-0.25, -0.2) is 4.57 Å². The molecule has 0 unspecified atom stereocenters. The molecule has 0 radical (unpaired) electrons. The quantitative estimate of drug-likeness (QED) is 0.127. The standard InChI is InChI=1S/3C14H22O.H3O4P/c3*1-13(2,3)10-7-8-12(15)11(9-10)14(4,5)6;1-5(2,3)4/h3*7-9,15H,1-6H3;(H3,1,2,3,4). The van der Waals surface area contributed by atoms with Gasteiger partial charge in [-0.3, -0.25) is 0 Å².